The third-order valence-electron chi connectivity index (χ3n) is 6.11. The molecule has 1 aliphatic rings. The lowest BCUT2D eigenvalue weighted by Crippen LogP contribution is -2.34. The topological polar surface area (TPSA) is 42.3 Å². The van der Waals surface area contributed by atoms with Crippen LogP contribution >= 0.6 is 0 Å². The van der Waals surface area contributed by atoms with Crippen LogP contribution in [0.15, 0.2) is 66.9 Å². The average molecular weight is 415 g/mol. The first-order valence-corrected chi connectivity index (χ1v) is 11.3. The van der Waals surface area contributed by atoms with Crippen LogP contribution in [-0.2, 0) is 11.3 Å². The van der Waals surface area contributed by atoms with Gasteiger partial charge in [-0.1, -0.05) is 68.0 Å². The molecule has 31 heavy (non-hydrogen) atoms. The molecular formula is C27H30N2O2. The first-order chi connectivity index (χ1) is 15.2. The van der Waals surface area contributed by atoms with Gasteiger partial charge in [-0.2, -0.15) is 0 Å². The number of rotatable bonds is 8. The number of fused-ring (bicyclic) bond motifs is 1. The summed E-state index contributed by atoms with van der Waals surface area (Å²) in [6.45, 7) is 4.41. The number of hydrogen-bond acceptors (Lipinski definition) is 2. The molecule has 1 aliphatic heterocycles. The van der Waals surface area contributed by atoms with Gasteiger partial charge in [0.1, 0.15) is 0 Å². The molecule has 0 fully saturated rings. The number of unbranched alkanes of at least 4 members (excludes halogenated alkanes) is 1. The van der Waals surface area contributed by atoms with Crippen molar-refractivity contribution >= 4 is 28.2 Å². The van der Waals surface area contributed by atoms with Crippen molar-refractivity contribution in [2.24, 2.45) is 0 Å². The van der Waals surface area contributed by atoms with Crippen LogP contribution in [0.5, 0.6) is 0 Å². The van der Waals surface area contributed by atoms with E-state index in [0.717, 1.165) is 42.3 Å². The monoisotopic (exact) mass is 414 g/mol. The minimum absolute atomic E-state index is 0.0531. The molecule has 2 aromatic carbocycles. The SMILES string of the molecule is CCCCn1cc(C(=O)CCC(=O)N2CC=C(c3ccccc3)CC2)c2ccccc21. The lowest BCUT2D eigenvalue weighted by molar-refractivity contribution is -0.130. The van der Waals surface area contributed by atoms with Gasteiger partial charge >= 0.3 is 0 Å². The maximum Gasteiger partial charge on any atom is 0.223 e. The maximum absolute atomic E-state index is 13.0. The second-order valence-electron chi connectivity index (χ2n) is 8.22. The van der Waals surface area contributed by atoms with Crippen LogP contribution in [0.25, 0.3) is 16.5 Å². The lowest BCUT2D eigenvalue weighted by Gasteiger charge is -2.26. The number of aryl methyl sites for hydroxylation is 1. The Morgan fingerprint density at radius 2 is 1.74 bits per heavy atom. The van der Waals surface area contributed by atoms with Gasteiger partial charge in [0, 0.05) is 55.1 Å². The van der Waals surface area contributed by atoms with Gasteiger partial charge in [-0.05, 0) is 30.0 Å². The zero-order valence-electron chi connectivity index (χ0n) is 18.2. The summed E-state index contributed by atoms with van der Waals surface area (Å²) in [5, 5.41) is 0.990. The summed E-state index contributed by atoms with van der Waals surface area (Å²) in [7, 11) is 0. The summed E-state index contributed by atoms with van der Waals surface area (Å²) >= 11 is 0. The number of benzene rings is 2. The average Bonchev–Trinajstić information content (AvgIpc) is 3.20. The van der Waals surface area contributed by atoms with E-state index in [9.17, 15) is 9.59 Å². The smallest absolute Gasteiger partial charge is 0.223 e. The van der Waals surface area contributed by atoms with E-state index in [-0.39, 0.29) is 24.5 Å². The van der Waals surface area contributed by atoms with Crippen LogP contribution in [0.2, 0.25) is 0 Å². The first kappa shape index (κ1) is 21.1. The van der Waals surface area contributed by atoms with Crippen molar-refractivity contribution in [2.45, 2.75) is 45.6 Å². The molecule has 0 atom stereocenters. The van der Waals surface area contributed by atoms with E-state index in [1.54, 1.807) is 0 Å². The van der Waals surface area contributed by atoms with Crippen molar-refractivity contribution in [3.63, 3.8) is 0 Å². The van der Waals surface area contributed by atoms with Crippen LogP contribution in [0.4, 0.5) is 0 Å². The molecule has 4 heteroatoms. The summed E-state index contributed by atoms with van der Waals surface area (Å²) in [5.41, 5.74) is 4.36. The maximum atomic E-state index is 13.0. The molecule has 0 aliphatic carbocycles. The summed E-state index contributed by atoms with van der Waals surface area (Å²) < 4.78 is 2.18. The van der Waals surface area contributed by atoms with E-state index in [4.69, 9.17) is 0 Å². The van der Waals surface area contributed by atoms with Gasteiger partial charge in [-0.15, -0.1) is 0 Å². The standard InChI is InChI=1S/C27H30N2O2/c1-2-3-17-29-20-24(23-11-7-8-12-25(23)29)26(30)13-14-27(31)28-18-15-22(16-19-28)21-9-5-4-6-10-21/h4-12,15,20H,2-3,13-14,16-19H2,1H3. The quantitative estimate of drug-likeness (QED) is 0.442. The highest BCUT2D eigenvalue weighted by Crippen LogP contribution is 2.25. The fraction of sp³-hybridized carbons (Fsp3) is 0.333. The molecule has 1 aromatic heterocycles. The molecule has 160 valence electrons. The van der Waals surface area contributed by atoms with E-state index in [0.29, 0.717) is 13.1 Å². The molecule has 0 N–H and O–H groups in total. The van der Waals surface area contributed by atoms with Crippen molar-refractivity contribution in [3.05, 3.63) is 78.0 Å². The van der Waals surface area contributed by atoms with Gasteiger partial charge in [0.2, 0.25) is 5.91 Å². The zero-order chi connectivity index (χ0) is 21.6. The predicted molar refractivity (Wildman–Crippen MR) is 126 cm³/mol. The van der Waals surface area contributed by atoms with Gasteiger partial charge < -0.3 is 9.47 Å². The molecular weight excluding hydrogens is 384 g/mol. The molecule has 2 heterocycles. The van der Waals surface area contributed by atoms with Crippen LogP contribution < -0.4 is 0 Å². The molecule has 4 rings (SSSR count). The minimum Gasteiger partial charge on any atom is -0.347 e. The minimum atomic E-state index is 0.0531. The van der Waals surface area contributed by atoms with Gasteiger partial charge in [-0.25, -0.2) is 0 Å². The molecule has 0 saturated heterocycles. The van der Waals surface area contributed by atoms with E-state index in [1.807, 2.05) is 47.5 Å². The summed E-state index contributed by atoms with van der Waals surface area (Å²) in [6.07, 6.45) is 7.68. The number of para-hydroxylation sites is 1. The molecule has 0 unspecified atom stereocenters. The number of hydrogen-bond donors (Lipinski definition) is 0. The molecule has 0 bridgehead atoms. The van der Waals surface area contributed by atoms with Crippen molar-refractivity contribution in [3.8, 4) is 0 Å². The third-order valence-corrected chi connectivity index (χ3v) is 6.11. The number of Topliss-reactive ketones (excluding diaryl/α,β-unsaturated/α-hetero) is 1. The molecule has 0 radical (unpaired) electrons. The second-order valence-corrected chi connectivity index (χ2v) is 8.22. The Bertz CT molecular complexity index is 1090. The number of carbonyl (C=O) groups is 2. The Morgan fingerprint density at radius 1 is 0.968 bits per heavy atom. The first-order valence-electron chi connectivity index (χ1n) is 11.3. The molecule has 3 aromatic rings. The Kier molecular flexibility index (Phi) is 6.66. The van der Waals surface area contributed by atoms with Crippen molar-refractivity contribution in [2.75, 3.05) is 13.1 Å². The fourth-order valence-corrected chi connectivity index (χ4v) is 4.31. The molecule has 0 spiro atoms. The van der Waals surface area contributed by atoms with Crippen LogP contribution in [0.1, 0.15) is 54.9 Å². The van der Waals surface area contributed by atoms with Crippen LogP contribution in [-0.4, -0.2) is 34.2 Å². The summed E-state index contributed by atoms with van der Waals surface area (Å²) in [5.74, 6) is 0.115. The Balaban J connectivity index is 1.38. The molecule has 1 amide bonds. The zero-order valence-corrected chi connectivity index (χ0v) is 18.2. The molecule has 4 nitrogen and oxygen atoms in total. The highest BCUT2D eigenvalue weighted by atomic mass is 16.2. The summed E-state index contributed by atoms with van der Waals surface area (Å²) in [6, 6.07) is 18.4. The number of aromatic nitrogens is 1. The van der Waals surface area contributed by atoms with Crippen LogP contribution in [0.3, 0.4) is 0 Å². The van der Waals surface area contributed by atoms with E-state index in [1.165, 1.54) is 11.1 Å². The van der Waals surface area contributed by atoms with E-state index in [2.05, 4.69) is 35.8 Å². The van der Waals surface area contributed by atoms with Gasteiger partial charge in [-0.3, -0.25) is 9.59 Å². The van der Waals surface area contributed by atoms with E-state index < -0.39 is 0 Å². The van der Waals surface area contributed by atoms with Gasteiger partial charge in [0.05, 0.1) is 0 Å². The largest absolute Gasteiger partial charge is 0.347 e. The summed E-state index contributed by atoms with van der Waals surface area (Å²) in [4.78, 5) is 27.6. The number of amides is 1. The highest BCUT2D eigenvalue weighted by Gasteiger charge is 2.20. The van der Waals surface area contributed by atoms with Crippen LogP contribution in [0, 0.1) is 0 Å². The number of nitrogens with zero attached hydrogens (tertiary/aromatic N) is 2. The van der Waals surface area contributed by atoms with Crippen molar-refractivity contribution in [1.29, 1.82) is 0 Å². The molecule has 0 saturated carbocycles. The number of carbonyl (C=O) groups excluding carboxylic acids is 2. The Labute approximate surface area is 184 Å². The fourth-order valence-electron chi connectivity index (χ4n) is 4.31. The Morgan fingerprint density at radius 3 is 2.48 bits per heavy atom. The van der Waals surface area contributed by atoms with Gasteiger partial charge in [0.15, 0.2) is 5.78 Å². The normalized spacial score (nSPS) is 14.0. The Hall–Kier alpha value is -3.14. The van der Waals surface area contributed by atoms with Crippen molar-refractivity contribution in [1.82, 2.24) is 9.47 Å². The second kappa shape index (κ2) is 9.78. The van der Waals surface area contributed by atoms with Gasteiger partial charge in [0.25, 0.3) is 0 Å². The van der Waals surface area contributed by atoms with Crippen molar-refractivity contribution < 1.29 is 9.59 Å². The lowest BCUT2D eigenvalue weighted by atomic mass is 9.99. The third kappa shape index (κ3) is 4.79. The highest BCUT2D eigenvalue weighted by molar-refractivity contribution is 6.08. The van der Waals surface area contributed by atoms with E-state index >= 15 is 0 Å². The number of ketones is 1. The predicted octanol–water partition coefficient (Wildman–Crippen LogP) is 5.72.